The number of amidine groups is 1. The molecule has 0 aliphatic carbocycles. The molecular weight excluding hydrogens is 873 g/mol. The zero-order valence-corrected chi connectivity index (χ0v) is 39.6. The molecule has 10 aromatic carbocycles. The summed E-state index contributed by atoms with van der Waals surface area (Å²) in [7, 11) is 0. The van der Waals surface area contributed by atoms with E-state index in [0.717, 1.165) is 112 Å². The normalized spacial score (nSPS) is 14.2. The van der Waals surface area contributed by atoms with E-state index in [1.54, 1.807) is 0 Å². The van der Waals surface area contributed by atoms with Gasteiger partial charge < -0.3 is 5.32 Å². The fourth-order valence-corrected chi connectivity index (χ4v) is 10.1. The van der Waals surface area contributed by atoms with Crippen molar-refractivity contribution < 1.29 is 0 Å². The third-order valence-electron chi connectivity index (χ3n) is 13.5. The summed E-state index contributed by atoms with van der Waals surface area (Å²) < 4.78 is 0. The summed E-state index contributed by atoms with van der Waals surface area (Å²) in [4.78, 5) is 11.2. The van der Waals surface area contributed by atoms with E-state index in [1.165, 1.54) is 0 Å². The molecule has 0 bridgehead atoms. The van der Waals surface area contributed by atoms with Gasteiger partial charge in [-0.1, -0.05) is 249 Å². The fourth-order valence-electron chi connectivity index (χ4n) is 10.1. The van der Waals surface area contributed by atoms with Crippen LogP contribution < -0.4 is 10.6 Å². The van der Waals surface area contributed by atoms with Crippen molar-refractivity contribution in [2.45, 2.75) is 12.3 Å². The second kappa shape index (κ2) is 20.0. The molecule has 0 amide bonds. The molecule has 0 fully saturated rings. The Kier molecular flexibility index (Phi) is 12.2. The standard InChI is InChI=1S/C68H50N4/c1-8-24-47(25-9-1)58-44-59(48-26-10-2-11-27-48)46-60(45-58)68-71-66(53-36-20-7-21-37-53)70-67(72-68)57-41-23-39-55(43-57)54-38-22-40-56(42-54)61-62(49-28-12-3-13-29-49)64(51-32-16-5-17-33-51)69-65(52-34-18-6-19-35-52)63(61)50-30-14-4-15-31-50/h1-46,66-67,70H,(H,71,72). The Morgan fingerprint density at radius 2 is 0.625 bits per heavy atom. The van der Waals surface area contributed by atoms with Crippen LogP contribution in [0.1, 0.15) is 29.0 Å². The van der Waals surface area contributed by atoms with E-state index in [1.807, 2.05) is 0 Å². The molecule has 72 heavy (non-hydrogen) atoms. The predicted molar refractivity (Wildman–Crippen MR) is 299 cm³/mol. The van der Waals surface area contributed by atoms with Gasteiger partial charge in [-0.05, 0) is 91.5 Å². The lowest BCUT2D eigenvalue weighted by Crippen LogP contribution is -2.45. The Morgan fingerprint density at radius 1 is 0.264 bits per heavy atom. The molecule has 2 unspecified atom stereocenters. The maximum Gasteiger partial charge on any atom is 0.131 e. The van der Waals surface area contributed by atoms with E-state index < -0.39 is 0 Å². The number of aromatic nitrogens is 1. The van der Waals surface area contributed by atoms with Gasteiger partial charge in [0.25, 0.3) is 0 Å². The van der Waals surface area contributed by atoms with Gasteiger partial charge in [-0.2, -0.15) is 0 Å². The van der Waals surface area contributed by atoms with Gasteiger partial charge in [-0.15, -0.1) is 0 Å². The third-order valence-corrected chi connectivity index (χ3v) is 13.5. The van der Waals surface area contributed by atoms with Crippen LogP contribution in [0.25, 0.3) is 89.3 Å². The van der Waals surface area contributed by atoms with Gasteiger partial charge in [0.15, 0.2) is 0 Å². The molecule has 342 valence electrons. The first-order chi connectivity index (χ1) is 35.7. The highest BCUT2D eigenvalue weighted by Crippen LogP contribution is 2.49. The van der Waals surface area contributed by atoms with Crippen LogP contribution in [0.2, 0.25) is 0 Å². The fraction of sp³-hybridized carbons (Fsp3) is 0.0294. The second-order valence-corrected chi connectivity index (χ2v) is 18.2. The lowest BCUT2D eigenvalue weighted by atomic mass is 9.82. The van der Waals surface area contributed by atoms with E-state index in [-0.39, 0.29) is 12.3 Å². The molecule has 1 aliphatic rings. The smallest absolute Gasteiger partial charge is 0.131 e. The molecule has 1 aromatic heterocycles. The van der Waals surface area contributed by atoms with E-state index >= 15 is 0 Å². The molecule has 1 aliphatic heterocycles. The van der Waals surface area contributed by atoms with Crippen molar-refractivity contribution in [1.29, 1.82) is 0 Å². The van der Waals surface area contributed by atoms with Crippen LogP contribution in [0.3, 0.4) is 0 Å². The number of nitrogens with zero attached hydrogens (tertiary/aromatic N) is 2. The SMILES string of the molecule is c1ccc(-c2cc(C3=NC(c4cccc(-c5cccc(-c6c(-c7ccccc7)c(-c7ccccc7)nc(-c7ccccc7)c6-c6ccccc6)c5)c4)NC(c4ccccc4)N3)cc(-c3ccccc3)c2)cc1. The third kappa shape index (κ3) is 9.07. The van der Waals surface area contributed by atoms with E-state index in [9.17, 15) is 0 Å². The van der Waals surface area contributed by atoms with E-state index in [0.29, 0.717) is 0 Å². The lowest BCUT2D eigenvalue weighted by molar-refractivity contribution is 0.409. The van der Waals surface area contributed by atoms with Crippen molar-refractivity contribution in [3.8, 4) is 89.3 Å². The van der Waals surface area contributed by atoms with Crippen molar-refractivity contribution in [3.05, 3.63) is 296 Å². The van der Waals surface area contributed by atoms with Crippen LogP contribution in [-0.2, 0) is 0 Å². The first-order valence-electron chi connectivity index (χ1n) is 24.6. The monoisotopic (exact) mass is 922 g/mol. The van der Waals surface area contributed by atoms with Crippen molar-refractivity contribution in [3.63, 3.8) is 0 Å². The minimum Gasteiger partial charge on any atom is -0.350 e. The Bertz CT molecular complexity index is 3500. The minimum atomic E-state index is -0.355. The van der Waals surface area contributed by atoms with E-state index in [4.69, 9.17) is 9.98 Å². The molecule has 0 radical (unpaired) electrons. The van der Waals surface area contributed by atoms with Gasteiger partial charge in [0.1, 0.15) is 18.2 Å². The van der Waals surface area contributed by atoms with Crippen molar-refractivity contribution in [2.24, 2.45) is 4.99 Å². The van der Waals surface area contributed by atoms with Crippen LogP contribution in [0.15, 0.2) is 284 Å². The summed E-state index contributed by atoms with van der Waals surface area (Å²) in [6, 6.07) is 99.2. The van der Waals surface area contributed by atoms with Crippen LogP contribution >= 0.6 is 0 Å². The number of aliphatic imine (C=N–C) groups is 1. The average Bonchev–Trinajstić information content (AvgIpc) is 3.48. The minimum absolute atomic E-state index is 0.201. The number of nitrogens with one attached hydrogen (secondary N) is 2. The van der Waals surface area contributed by atoms with Crippen molar-refractivity contribution >= 4 is 5.84 Å². The molecule has 4 nitrogen and oxygen atoms in total. The topological polar surface area (TPSA) is 49.3 Å². The molecule has 0 saturated carbocycles. The number of hydrogen-bond donors (Lipinski definition) is 2. The molecule has 0 saturated heterocycles. The van der Waals surface area contributed by atoms with Crippen molar-refractivity contribution in [2.75, 3.05) is 0 Å². The molecule has 12 rings (SSSR count). The van der Waals surface area contributed by atoms with Gasteiger partial charge >= 0.3 is 0 Å². The first kappa shape index (κ1) is 44.0. The molecule has 0 spiro atoms. The molecule has 2 atom stereocenters. The first-order valence-corrected chi connectivity index (χ1v) is 24.6. The van der Waals surface area contributed by atoms with Crippen LogP contribution in [0, 0.1) is 0 Å². The van der Waals surface area contributed by atoms with Crippen LogP contribution in [0.4, 0.5) is 0 Å². The highest BCUT2D eigenvalue weighted by molar-refractivity contribution is 6.05. The van der Waals surface area contributed by atoms with Gasteiger partial charge in [-0.3, -0.25) is 5.32 Å². The summed E-state index contributed by atoms with van der Waals surface area (Å²) in [5, 5.41) is 7.70. The molecular formula is C68H50N4. The Hall–Kier alpha value is -9.22. The number of hydrogen-bond acceptors (Lipinski definition) is 4. The summed E-state index contributed by atoms with van der Waals surface area (Å²) in [5.41, 5.74) is 20.6. The zero-order chi connectivity index (χ0) is 48.1. The molecule has 2 heterocycles. The largest absolute Gasteiger partial charge is 0.350 e. The Balaban J connectivity index is 1.02. The number of pyridine rings is 1. The second-order valence-electron chi connectivity index (χ2n) is 18.2. The Labute approximate surface area is 421 Å². The maximum absolute atomic E-state index is 5.67. The lowest BCUT2D eigenvalue weighted by Gasteiger charge is -2.32. The van der Waals surface area contributed by atoms with Crippen LogP contribution in [0.5, 0.6) is 0 Å². The van der Waals surface area contributed by atoms with Gasteiger partial charge in [0, 0.05) is 33.4 Å². The van der Waals surface area contributed by atoms with Gasteiger partial charge in [0.05, 0.1) is 11.4 Å². The van der Waals surface area contributed by atoms with E-state index in [2.05, 4.69) is 290 Å². The summed E-state index contributed by atoms with van der Waals surface area (Å²) >= 11 is 0. The quantitative estimate of drug-likeness (QED) is 0.136. The predicted octanol–water partition coefficient (Wildman–Crippen LogP) is 16.8. The average molecular weight is 923 g/mol. The van der Waals surface area contributed by atoms with Crippen molar-refractivity contribution in [1.82, 2.24) is 15.6 Å². The highest BCUT2D eigenvalue weighted by atomic mass is 15.3. The highest BCUT2D eigenvalue weighted by Gasteiger charge is 2.28. The van der Waals surface area contributed by atoms with Gasteiger partial charge in [-0.25, -0.2) is 9.98 Å². The number of rotatable bonds is 11. The molecule has 4 heteroatoms. The summed E-state index contributed by atoms with van der Waals surface area (Å²) in [6.07, 6.45) is -0.556. The number of benzene rings is 10. The summed E-state index contributed by atoms with van der Waals surface area (Å²) in [5.74, 6) is 0.831. The summed E-state index contributed by atoms with van der Waals surface area (Å²) in [6.45, 7) is 0. The molecule has 2 N–H and O–H groups in total. The Morgan fingerprint density at radius 3 is 1.12 bits per heavy atom. The van der Waals surface area contributed by atoms with Crippen LogP contribution in [-0.4, -0.2) is 10.8 Å². The zero-order valence-electron chi connectivity index (χ0n) is 39.6. The maximum atomic E-state index is 5.67. The van der Waals surface area contributed by atoms with Gasteiger partial charge in [0.2, 0.25) is 0 Å². The molecule has 11 aromatic rings.